The summed E-state index contributed by atoms with van der Waals surface area (Å²) in [6, 6.07) is 5.13. The normalized spacial score (nSPS) is 22.1. The Morgan fingerprint density at radius 1 is 1.35 bits per heavy atom. The van der Waals surface area contributed by atoms with Gasteiger partial charge in [-0.2, -0.15) is 0 Å². The molecular formula is C13H14ClN3O3. The van der Waals surface area contributed by atoms with E-state index in [-0.39, 0.29) is 22.7 Å². The quantitative estimate of drug-likeness (QED) is 0.619. The monoisotopic (exact) mass is 295 g/mol. The van der Waals surface area contributed by atoms with Crippen LogP contribution in [0.15, 0.2) is 18.2 Å². The summed E-state index contributed by atoms with van der Waals surface area (Å²) in [5.41, 5.74) is 0.494. The molecule has 1 aromatic carbocycles. The Hall–Kier alpha value is -1.82. The van der Waals surface area contributed by atoms with E-state index in [1.807, 2.05) is 9.80 Å². The average molecular weight is 296 g/mol. The highest BCUT2D eigenvalue weighted by molar-refractivity contribution is 6.33. The first-order valence-electron chi connectivity index (χ1n) is 6.55. The standard InChI is InChI=1S/C13H14ClN3O3/c14-10-2-1-3-11(13(10)17(19)20)15-6-7-16-9(8-15)4-5-12(16)18/h1-3,9H,4-8H2. The van der Waals surface area contributed by atoms with Gasteiger partial charge in [0.25, 0.3) is 0 Å². The number of hydrogen-bond acceptors (Lipinski definition) is 4. The van der Waals surface area contributed by atoms with Crippen LogP contribution in [-0.2, 0) is 4.79 Å². The third-order valence-corrected chi connectivity index (χ3v) is 4.29. The number of carbonyl (C=O) groups excluding carboxylic acids is 1. The van der Waals surface area contributed by atoms with Gasteiger partial charge in [-0.1, -0.05) is 17.7 Å². The Bertz CT molecular complexity index is 578. The van der Waals surface area contributed by atoms with Crippen molar-refractivity contribution in [2.45, 2.75) is 18.9 Å². The molecule has 3 rings (SSSR count). The molecule has 6 nitrogen and oxygen atoms in total. The smallest absolute Gasteiger partial charge is 0.310 e. The molecule has 2 saturated heterocycles. The van der Waals surface area contributed by atoms with E-state index in [2.05, 4.69) is 0 Å². The summed E-state index contributed by atoms with van der Waals surface area (Å²) in [6.07, 6.45) is 1.40. The third kappa shape index (κ3) is 2.10. The number of carbonyl (C=O) groups is 1. The molecule has 0 spiro atoms. The number of para-hydroxylation sites is 1. The van der Waals surface area contributed by atoms with Gasteiger partial charge in [-0.25, -0.2) is 0 Å². The highest BCUT2D eigenvalue weighted by atomic mass is 35.5. The number of nitro benzene ring substituents is 1. The summed E-state index contributed by atoms with van der Waals surface area (Å²) < 4.78 is 0. The topological polar surface area (TPSA) is 66.7 Å². The first-order chi connectivity index (χ1) is 9.58. The highest BCUT2D eigenvalue weighted by Gasteiger charge is 2.37. The van der Waals surface area contributed by atoms with E-state index in [4.69, 9.17) is 11.6 Å². The lowest BCUT2D eigenvalue weighted by Crippen LogP contribution is -2.51. The van der Waals surface area contributed by atoms with Gasteiger partial charge in [-0.3, -0.25) is 14.9 Å². The first kappa shape index (κ1) is 13.2. The maximum absolute atomic E-state index is 11.7. The molecule has 20 heavy (non-hydrogen) atoms. The Morgan fingerprint density at radius 2 is 2.15 bits per heavy atom. The number of benzene rings is 1. The van der Waals surface area contributed by atoms with Gasteiger partial charge in [-0.15, -0.1) is 0 Å². The third-order valence-electron chi connectivity index (χ3n) is 3.98. The molecule has 1 unspecified atom stereocenters. The predicted molar refractivity (Wildman–Crippen MR) is 75.1 cm³/mol. The van der Waals surface area contributed by atoms with Crippen LogP contribution in [0.1, 0.15) is 12.8 Å². The van der Waals surface area contributed by atoms with Crippen molar-refractivity contribution in [3.8, 4) is 0 Å². The van der Waals surface area contributed by atoms with E-state index in [1.165, 1.54) is 6.07 Å². The van der Waals surface area contributed by atoms with E-state index in [9.17, 15) is 14.9 Å². The maximum atomic E-state index is 11.7. The molecule has 0 saturated carbocycles. The molecule has 1 atom stereocenters. The number of anilines is 1. The minimum Gasteiger partial charge on any atom is -0.362 e. The lowest BCUT2D eigenvalue weighted by molar-refractivity contribution is -0.384. The molecule has 2 aliphatic rings. The fourth-order valence-electron chi connectivity index (χ4n) is 3.02. The van der Waals surface area contributed by atoms with E-state index in [0.29, 0.717) is 31.7 Å². The zero-order valence-corrected chi connectivity index (χ0v) is 11.5. The minimum atomic E-state index is -0.441. The Kier molecular flexibility index (Phi) is 3.25. The number of fused-ring (bicyclic) bond motifs is 1. The molecule has 1 amide bonds. The summed E-state index contributed by atoms with van der Waals surface area (Å²) in [7, 11) is 0. The van der Waals surface area contributed by atoms with Crippen molar-refractivity contribution in [2.24, 2.45) is 0 Å². The van der Waals surface area contributed by atoms with Crippen LogP contribution in [0.5, 0.6) is 0 Å². The molecule has 2 aliphatic heterocycles. The molecule has 0 aromatic heterocycles. The van der Waals surface area contributed by atoms with E-state index in [0.717, 1.165) is 6.42 Å². The number of rotatable bonds is 2. The van der Waals surface area contributed by atoms with Crippen LogP contribution in [0.4, 0.5) is 11.4 Å². The highest BCUT2D eigenvalue weighted by Crippen LogP contribution is 2.36. The van der Waals surface area contributed by atoms with Gasteiger partial charge in [0.1, 0.15) is 10.7 Å². The zero-order valence-electron chi connectivity index (χ0n) is 10.8. The van der Waals surface area contributed by atoms with Crippen molar-refractivity contribution < 1.29 is 9.72 Å². The number of nitrogens with zero attached hydrogens (tertiary/aromatic N) is 3. The molecule has 1 aromatic rings. The second-order valence-corrected chi connectivity index (χ2v) is 5.50. The first-order valence-corrected chi connectivity index (χ1v) is 6.93. The maximum Gasteiger partial charge on any atom is 0.310 e. The van der Waals surface area contributed by atoms with Crippen LogP contribution in [0.25, 0.3) is 0 Å². The molecule has 0 bridgehead atoms. The van der Waals surface area contributed by atoms with Gasteiger partial charge in [0.15, 0.2) is 0 Å². The van der Waals surface area contributed by atoms with Gasteiger partial charge in [-0.05, 0) is 18.6 Å². The number of halogens is 1. The molecular weight excluding hydrogens is 282 g/mol. The fourth-order valence-corrected chi connectivity index (χ4v) is 3.26. The summed E-state index contributed by atoms with van der Waals surface area (Å²) >= 11 is 5.95. The van der Waals surface area contributed by atoms with Crippen molar-refractivity contribution >= 4 is 28.9 Å². The fraction of sp³-hybridized carbons (Fsp3) is 0.462. The molecule has 7 heteroatoms. The largest absolute Gasteiger partial charge is 0.362 e. The summed E-state index contributed by atoms with van der Waals surface area (Å²) in [5.74, 6) is 0.190. The SMILES string of the molecule is O=C1CCC2CN(c3cccc(Cl)c3[N+](=O)[O-])CCN12. The molecule has 0 aliphatic carbocycles. The van der Waals surface area contributed by atoms with Crippen molar-refractivity contribution in [1.29, 1.82) is 0 Å². The van der Waals surface area contributed by atoms with Gasteiger partial charge in [0.05, 0.1) is 4.92 Å². The molecule has 2 fully saturated rings. The predicted octanol–water partition coefficient (Wildman–Crippen LogP) is 2.06. The number of piperazine rings is 1. The van der Waals surface area contributed by atoms with Crippen LogP contribution in [0, 0.1) is 10.1 Å². The van der Waals surface area contributed by atoms with Crippen LogP contribution >= 0.6 is 11.6 Å². The van der Waals surface area contributed by atoms with Crippen LogP contribution in [0.3, 0.4) is 0 Å². The number of hydrogen-bond donors (Lipinski definition) is 0. The van der Waals surface area contributed by atoms with Gasteiger partial charge in [0, 0.05) is 32.1 Å². The Balaban J connectivity index is 1.89. The molecule has 106 valence electrons. The van der Waals surface area contributed by atoms with Crippen molar-refractivity contribution in [3.63, 3.8) is 0 Å². The van der Waals surface area contributed by atoms with Gasteiger partial charge in [0.2, 0.25) is 5.91 Å². The van der Waals surface area contributed by atoms with Gasteiger partial charge < -0.3 is 9.80 Å². The summed E-state index contributed by atoms with van der Waals surface area (Å²) in [6.45, 7) is 1.85. The molecule has 2 heterocycles. The zero-order chi connectivity index (χ0) is 14.3. The van der Waals surface area contributed by atoms with E-state index < -0.39 is 4.92 Å². The van der Waals surface area contributed by atoms with E-state index in [1.54, 1.807) is 12.1 Å². The van der Waals surface area contributed by atoms with E-state index >= 15 is 0 Å². The lowest BCUT2D eigenvalue weighted by atomic mass is 10.1. The van der Waals surface area contributed by atoms with Crippen molar-refractivity contribution in [2.75, 3.05) is 24.5 Å². The summed E-state index contributed by atoms with van der Waals surface area (Å²) in [4.78, 5) is 26.3. The Labute approximate surface area is 121 Å². The van der Waals surface area contributed by atoms with Gasteiger partial charge >= 0.3 is 5.69 Å². The second kappa shape index (κ2) is 4.94. The second-order valence-electron chi connectivity index (χ2n) is 5.09. The number of nitro groups is 1. The number of amides is 1. The molecule has 0 N–H and O–H groups in total. The van der Waals surface area contributed by atoms with Crippen LogP contribution in [0.2, 0.25) is 5.02 Å². The van der Waals surface area contributed by atoms with Crippen LogP contribution < -0.4 is 4.90 Å². The molecule has 0 radical (unpaired) electrons. The van der Waals surface area contributed by atoms with Crippen molar-refractivity contribution in [3.05, 3.63) is 33.3 Å². The van der Waals surface area contributed by atoms with Crippen molar-refractivity contribution in [1.82, 2.24) is 4.90 Å². The summed E-state index contributed by atoms with van der Waals surface area (Å²) in [5, 5.41) is 11.3. The average Bonchev–Trinajstić information content (AvgIpc) is 2.79. The lowest BCUT2D eigenvalue weighted by Gasteiger charge is -2.38. The minimum absolute atomic E-state index is 0.0491. The Morgan fingerprint density at radius 3 is 2.90 bits per heavy atom. The van der Waals surface area contributed by atoms with Crippen LogP contribution in [-0.4, -0.2) is 41.4 Å².